The number of para-hydroxylation sites is 1. The molecule has 0 saturated carbocycles. The molecule has 3 aromatic rings. The van der Waals surface area contributed by atoms with Crippen LogP contribution < -0.4 is 5.73 Å². The standard InChI is InChI=1S/C17H17FN2O/c1-2-4-12-9-11-5-3-6-14(17(11)21-12)13-7-8-20-15(10-19)16(13)18/h3,5-9H,2,4,10,19H2,1H3. The summed E-state index contributed by atoms with van der Waals surface area (Å²) in [6.45, 7) is 2.18. The van der Waals surface area contributed by atoms with Gasteiger partial charge >= 0.3 is 0 Å². The number of nitrogens with two attached hydrogens (primary N) is 1. The van der Waals surface area contributed by atoms with Crippen molar-refractivity contribution in [2.24, 2.45) is 5.73 Å². The van der Waals surface area contributed by atoms with Crippen LogP contribution in [0.2, 0.25) is 0 Å². The van der Waals surface area contributed by atoms with Gasteiger partial charge in [0.05, 0.1) is 5.69 Å². The maximum atomic E-state index is 14.5. The van der Waals surface area contributed by atoms with Crippen LogP contribution in [0.25, 0.3) is 22.1 Å². The normalized spacial score (nSPS) is 11.2. The van der Waals surface area contributed by atoms with Crippen molar-refractivity contribution in [1.29, 1.82) is 0 Å². The topological polar surface area (TPSA) is 52.0 Å². The molecule has 0 aliphatic carbocycles. The molecule has 0 amide bonds. The molecular weight excluding hydrogens is 267 g/mol. The Balaban J connectivity index is 2.20. The number of aromatic nitrogens is 1. The molecule has 0 radical (unpaired) electrons. The summed E-state index contributed by atoms with van der Waals surface area (Å²) in [5, 5.41) is 0.987. The van der Waals surface area contributed by atoms with Gasteiger partial charge in [-0.3, -0.25) is 4.98 Å². The van der Waals surface area contributed by atoms with Gasteiger partial charge in [0.1, 0.15) is 11.3 Å². The number of nitrogens with zero attached hydrogens (tertiary/aromatic N) is 1. The lowest BCUT2D eigenvalue weighted by Gasteiger charge is -2.07. The summed E-state index contributed by atoms with van der Waals surface area (Å²) in [4.78, 5) is 3.97. The molecule has 21 heavy (non-hydrogen) atoms. The molecule has 0 saturated heterocycles. The summed E-state index contributed by atoms with van der Waals surface area (Å²) in [5.41, 5.74) is 7.73. The first kappa shape index (κ1) is 13.8. The van der Waals surface area contributed by atoms with Gasteiger partial charge < -0.3 is 10.2 Å². The number of fused-ring (bicyclic) bond motifs is 1. The average molecular weight is 284 g/mol. The third-order valence-electron chi connectivity index (χ3n) is 3.54. The number of pyridine rings is 1. The van der Waals surface area contributed by atoms with E-state index in [1.165, 1.54) is 0 Å². The third kappa shape index (κ3) is 2.43. The second-order valence-electron chi connectivity index (χ2n) is 5.01. The monoisotopic (exact) mass is 284 g/mol. The van der Waals surface area contributed by atoms with E-state index in [9.17, 15) is 4.39 Å². The van der Waals surface area contributed by atoms with E-state index < -0.39 is 0 Å². The molecule has 2 heterocycles. The fourth-order valence-corrected chi connectivity index (χ4v) is 2.54. The highest BCUT2D eigenvalue weighted by Crippen LogP contribution is 2.33. The molecule has 0 bridgehead atoms. The Kier molecular flexibility index (Phi) is 3.71. The highest BCUT2D eigenvalue weighted by atomic mass is 19.1. The van der Waals surface area contributed by atoms with E-state index in [4.69, 9.17) is 10.2 Å². The van der Waals surface area contributed by atoms with Crippen LogP contribution in [0.5, 0.6) is 0 Å². The SMILES string of the molecule is CCCc1cc2cccc(-c3ccnc(CN)c3F)c2o1. The summed E-state index contributed by atoms with van der Waals surface area (Å²) < 4.78 is 20.4. The first-order valence-corrected chi connectivity index (χ1v) is 7.09. The molecule has 2 N–H and O–H groups in total. The second kappa shape index (κ2) is 5.66. The zero-order valence-electron chi connectivity index (χ0n) is 11.9. The van der Waals surface area contributed by atoms with E-state index >= 15 is 0 Å². The smallest absolute Gasteiger partial charge is 0.153 e. The quantitative estimate of drug-likeness (QED) is 0.786. The molecule has 3 nitrogen and oxygen atoms in total. The molecule has 0 atom stereocenters. The van der Waals surface area contributed by atoms with Crippen LogP contribution in [0, 0.1) is 5.82 Å². The van der Waals surface area contributed by atoms with Gasteiger partial charge in [0.25, 0.3) is 0 Å². The van der Waals surface area contributed by atoms with Crippen LogP contribution in [0.1, 0.15) is 24.8 Å². The maximum Gasteiger partial charge on any atom is 0.153 e. The summed E-state index contributed by atoms with van der Waals surface area (Å²) in [7, 11) is 0. The summed E-state index contributed by atoms with van der Waals surface area (Å²) in [6, 6.07) is 9.42. The van der Waals surface area contributed by atoms with Gasteiger partial charge in [0.2, 0.25) is 0 Å². The Morgan fingerprint density at radius 1 is 1.24 bits per heavy atom. The lowest BCUT2D eigenvalue weighted by Crippen LogP contribution is -2.04. The highest BCUT2D eigenvalue weighted by Gasteiger charge is 2.15. The number of benzene rings is 1. The van der Waals surface area contributed by atoms with Crippen molar-refractivity contribution in [2.75, 3.05) is 0 Å². The molecule has 0 aliphatic heterocycles. The molecule has 0 fully saturated rings. The Morgan fingerprint density at radius 3 is 2.86 bits per heavy atom. The van der Waals surface area contributed by atoms with E-state index in [0.717, 1.165) is 29.6 Å². The number of aryl methyl sites for hydroxylation is 1. The minimum atomic E-state index is -0.374. The fraction of sp³-hybridized carbons (Fsp3) is 0.235. The van der Waals surface area contributed by atoms with Gasteiger partial charge in [-0.25, -0.2) is 4.39 Å². The van der Waals surface area contributed by atoms with Gasteiger partial charge in [-0.15, -0.1) is 0 Å². The predicted octanol–water partition coefficient (Wildman–Crippen LogP) is 4.05. The fourth-order valence-electron chi connectivity index (χ4n) is 2.54. The van der Waals surface area contributed by atoms with Crippen molar-refractivity contribution in [3.05, 3.63) is 53.8 Å². The minimum absolute atomic E-state index is 0.0783. The highest BCUT2D eigenvalue weighted by molar-refractivity contribution is 5.93. The molecule has 0 spiro atoms. The Bertz CT molecular complexity index is 780. The van der Waals surface area contributed by atoms with Crippen molar-refractivity contribution >= 4 is 11.0 Å². The van der Waals surface area contributed by atoms with E-state index in [0.29, 0.717) is 11.1 Å². The largest absolute Gasteiger partial charge is 0.460 e. The number of halogens is 1. The molecule has 1 aromatic carbocycles. The molecule has 3 rings (SSSR count). The van der Waals surface area contributed by atoms with Gasteiger partial charge in [0, 0.05) is 35.7 Å². The third-order valence-corrected chi connectivity index (χ3v) is 3.54. The predicted molar refractivity (Wildman–Crippen MR) is 81.3 cm³/mol. The Labute approximate surface area is 122 Å². The van der Waals surface area contributed by atoms with Gasteiger partial charge in [-0.1, -0.05) is 25.1 Å². The zero-order chi connectivity index (χ0) is 14.8. The van der Waals surface area contributed by atoms with Crippen molar-refractivity contribution in [3.8, 4) is 11.1 Å². The first-order chi connectivity index (χ1) is 10.2. The lowest BCUT2D eigenvalue weighted by atomic mass is 10.0. The van der Waals surface area contributed by atoms with Gasteiger partial charge in [0.15, 0.2) is 5.82 Å². The van der Waals surface area contributed by atoms with E-state index in [-0.39, 0.29) is 18.1 Å². The molecular formula is C17H17FN2O. The van der Waals surface area contributed by atoms with Crippen molar-refractivity contribution in [2.45, 2.75) is 26.3 Å². The van der Waals surface area contributed by atoms with Crippen LogP contribution in [0.4, 0.5) is 4.39 Å². The number of rotatable bonds is 4. The number of hydrogen-bond acceptors (Lipinski definition) is 3. The Morgan fingerprint density at radius 2 is 2.10 bits per heavy atom. The van der Waals surface area contributed by atoms with E-state index in [1.54, 1.807) is 12.3 Å². The van der Waals surface area contributed by atoms with Crippen LogP contribution >= 0.6 is 0 Å². The minimum Gasteiger partial charge on any atom is -0.460 e. The van der Waals surface area contributed by atoms with Crippen molar-refractivity contribution in [1.82, 2.24) is 4.98 Å². The van der Waals surface area contributed by atoms with E-state index in [2.05, 4.69) is 11.9 Å². The molecule has 4 heteroatoms. The van der Waals surface area contributed by atoms with Crippen LogP contribution in [-0.4, -0.2) is 4.98 Å². The molecule has 0 aliphatic rings. The summed E-state index contributed by atoms with van der Waals surface area (Å²) in [5.74, 6) is 0.550. The zero-order valence-corrected chi connectivity index (χ0v) is 11.9. The van der Waals surface area contributed by atoms with Crippen LogP contribution in [0.3, 0.4) is 0 Å². The Hall–Kier alpha value is -2.20. The number of furan rings is 1. The lowest BCUT2D eigenvalue weighted by molar-refractivity contribution is 0.544. The first-order valence-electron chi connectivity index (χ1n) is 7.09. The molecule has 2 aromatic heterocycles. The van der Waals surface area contributed by atoms with Crippen LogP contribution in [0.15, 0.2) is 40.9 Å². The second-order valence-corrected chi connectivity index (χ2v) is 5.01. The van der Waals surface area contributed by atoms with Gasteiger partial charge in [-0.2, -0.15) is 0 Å². The average Bonchev–Trinajstić information content (AvgIpc) is 2.90. The van der Waals surface area contributed by atoms with Crippen molar-refractivity contribution in [3.63, 3.8) is 0 Å². The van der Waals surface area contributed by atoms with Gasteiger partial charge in [-0.05, 0) is 18.6 Å². The molecule has 0 unspecified atom stereocenters. The van der Waals surface area contributed by atoms with Crippen LogP contribution in [-0.2, 0) is 13.0 Å². The summed E-state index contributed by atoms with van der Waals surface area (Å²) in [6.07, 6.45) is 3.46. The molecule has 108 valence electrons. The van der Waals surface area contributed by atoms with Crippen molar-refractivity contribution < 1.29 is 8.81 Å². The maximum absolute atomic E-state index is 14.5. The number of hydrogen-bond donors (Lipinski definition) is 1. The van der Waals surface area contributed by atoms with E-state index in [1.807, 2.05) is 24.3 Å². The summed E-state index contributed by atoms with van der Waals surface area (Å²) >= 11 is 0.